The number of ether oxygens (including phenoxy) is 1. The van der Waals surface area contributed by atoms with Crippen LogP contribution in [0.3, 0.4) is 0 Å². The zero-order valence-corrected chi connectivity index (χ0v) is 15.4. The Balaban J connectivity index is 1.45. The molecule has 10 heteroatoms. The van der Waals surface area contributed by atoms with Crippen molar-refractivity contribution in [3.8, 4) is 0 Å². The number of nitrogens with one attached hydrogen (secondary N) is 1. The average Bonchev–Trinajstić information content (AvgIpc) is 3.20. The van der Waals surface area contributed by atoms with Crippen molar-refractivity contribution in [2.75, 3.05) is 39.3 Å². The predicted octanol–water partition coefficient (Wildman–Crippen LogP) is -0.915. The summed E-state index contributed by atoms with van der Waals surface area (Å²) in [5.41, 5.74) is -0.871. The highest BCUT2D eigenvalue weighted by Crippen LogP contribution is 2.34. The van der Waals surface area contributed by atoms with Gasteiger partial charge in [-0.2, -0.15) is 0 Å². The molecule has 27 heavy (non-hydrogen) atoms. The van der Waals surface area contributed by atoms with Crippen LogP contribution in [0.1, 0.15) is 32.6 Å². The average molecular weight is 380 g/mol. The summed E-state index contributed by atoms with van der Waals surface area (Å²) < 4.78 is 4.96. The van der Waals surface area contributed by atoms with Gasteiger partial charge in [0.15, 0.2) is 6.61 Å². The van der Waals surface area contributed by atoms with E-state index in [1.807, 2.05) is 0 Å². The minimum absolute atomic E-state index is 0.0397. The van der Waals surface area contributed by atoms with Gasteiger partial charge >= 0.3 is 12.0 Å². The van der Waals surface area contributed by atoms with E-state index in [1.165, 1.54) is 11.8 Å². The normalized spacial score (nSPS) is 21.6. The van der Waals surface area contributed by atoms with Crippen LogP contribution >= 0.6 is 0 Å². The van der Waals surface area contributed by atoms with E-state index in [1.54, 1.807) is 4.90 Å². The second kappa shape index (κ2) is 7.53. The van der Waals surface area contributed by atoms with E-state index in [-0.39, 0.29) is 11.8 Å². The zero-order chi connectivity index (χ0) is 19.6. The van der Waals surface area contributed by atoms with E-state index < -0.39 is 36.6 Å². The van der Waals surface area contributed by atoms with E-state index in [0.717, 1.165) is 17.7 Å². The maximum atomic E-state index is 12.5. The van der Waals surface area contributed by atoms with Crippen molar-refractivity contribution in [2.45, 2.75) is 38.1 Å². The smallest absolute Gasteiger partial charge is 0.326 e. The molecule has 0 bridgehead atoms. The molecule has 1 saturated carbocycles. The molecule has 3 fully saturated rings. The number of piperazine rings is 1. The fourth-order valence-corrected chi connectivity index (χ4v) is 3.82. The van der Waals surface area contributed by atoms with E-state index in [9.17, 15) is 24.0 Å². The molecule has 0 aromatic rings. The Morgan fingerprint density at radius 3 is 2.22 bits per heavy atom. The molecule has 0 unspecified atom stereocenters. The first-order chi connectivity index (χ1) is 12.8. The first kappa shape index (κ1) is 19.1. The lowest BCUT2D eigenvalue weighted by molar-refractivity contribution is -0.154. The highest BCUT2D eigenvalue weighted by Gasteiger charge is 2.52. The molecule has 2 saturated heterocycles. The van der Waals surface area contributed by atoms with Crippen molar-refractivity contribution in [1.29, 1.82) is 0 Å². The third-order valence-corrected chi connectivity index (χ3v) is 5.42. The van der Waals surface area contributed by atoms with Gasteiger partial charge in [-0.15, -0.1) is 0 Å². The van der Waals surface area contributed by atoms with Crippen LogP contribution in [0.5, 0.6) is 0 Å². The number of urea groups is 1. The Kier molecular flexibility index (Phi) is 5.33. The van der Waals surface area contributed by atoms with Crippen molar-refractivity contribution in [1.82, 2.24) is 20.0 Å². The molecule has 3 aliphatic rings. The van der Waals surface area contributed by atoms with E-state index in [0.29, 0.717) is 39.0 Å². The van der Waals surface area contributed by atoms with E-state index in [2.05, 4.69) is 5.32 Å². The second-order valence-corrected chi connectivity index (χ2v) is 7.16. The Morgan fingerprint density at radius 1 is 1.04 bits per heavy atom. The number of nitrogens with zero attached hydrogens (tertiary/aromatic N) is 3. The van der Waals surface area contributed by atoms with E-state index >= 15 is 0 Å². The summed E-state index contributed by atoms with van der Waals surface area (Å²) in [6, 6.07) is -0.592. The molecule has 2 heterocycles. The molecule has 5 amide bonds. The number of rotatable bonds is 4. The van der Waals surface area contributed by atoms with Crippen LogP contribution in [0.4, 0.5) is 4.79 Å². The van der Waals surface area contributed by atoms with Gasteiger partial charge in [0.2, 0.25) is 5.91 Å². The molecular formula is C17H24N4O6. The lowest BCUT2D eigenvalue weighted by Crippen LogP contribution is -2.51. The van der Waals surface area contributed by atoms with Gasteiger partial charge in [0.25, 0.3) is 11.8 Å². The van der Waals surface area contributed by atoms with Crippen molar-refractivity contribution in [3.05, 3.63) is 0 Å². The van der Waals surface area contributed by atoms with Crippen LogP contribution < -0.4 is 5.32 Å². The van der Waals surface area contributed by atoms with Crippen LogP contribution in [0.15, 0.2) is 0 Å². The monoisotopic (exact) mass is 380 g/mol. The van der Waals surface area contributed by atoms with Gasteiger partial charge in [-0.25, -0.2) is 4.79 Å². The lowest BCUT2D eigenvalue weighted by Gasteiger charge is -2.34. The molecule has 0 radical (unpaired) electrons. The summed E-state index contributed by atoms with van der Waals surface area (Å²) in [5.74, 6) is -1.60. The topological polar surface area (TPSA) is 116 Å². The van der Waals surface area contributed by atoms with Crippen LogP contribution in [0, 0.1) is 0 Å². The van der Waals surface area contributed by atoms with Crippen molar-refractivity contribution in [3.63, 3.8) is 0 Å². The molecule has 1 spiro atoms. The molecule has 148 valence electrons. The summed E-state index contributed by atoms with van der Waals surface area (Å²) in [6.07, 6.45) is 2.87. The minimum atomic E-state index is -0.871. The summed E-state index contributed by atoms with van der Waals surface area (Å²) in [6.45, 7) is 2.17. The molecule has 0 aromatic carbocycles. The van der Waals surface area contributed by atoms with Crippen molar-refractivity contribution < 1.29 is 28.7 Å². The van der Waals surface area contributed by atoms with Gasteiger partial charge in [-0.3, -0.25) is 24.1 Å². The van der Waals surface area contributed by atoms with Gasteiger partial charge < -0.3 is 19.9 Å². The maximum absolute atomic E-state index is 12.5. The molecule has 2 aliphatic heterocycles. The number of amides is 5. The molecule has 1 aliphatic carbocycles. The van der Waals surface area contributed by atoms with Gasteiger partial charge in [-0.1, -0.05) is 12.8 Å². The Morgan fingerprint density at radius 2 is 1.63 bits per heavy atom. The van der Waals surface area contributed by atoms with Crippen LogP contribution in [-0.2, 0) is 23.9 Å². The Hall–Kier alpha value is -2.65. The van der Waals surface area contributed by atoms with Gasteiger partial charge in [-0.05, 0) is 12.8 Å². The Labute approximate surface area is 156 Å². The first-order valence-electron chi connectivity index (χ1n) is 9.15. The fourth-order valence-electron chi connectivity index (χ4n) is 3.82. The molecule has 0 aromatic heterocycles. The Bertz CT molecular complexity index is 664. The number of hydrogen-bond acceptors (Lipinski definition) is 6. The third-order valence-electron chi connectivity index (χ3n) is 5.42. The van der Waals surface area contributed by atoms with Crippen molar-refractivity contribution in [2.24, 2.45) is 0 Å². The second-order valence-electron chi connectivity index (χ2n) is 7.16. The van der Waals surface area contributed by atoms with Gasteiger partial charge in [0.05, 0.1) is 0 Å². The standard InChI is InChI=1S/C17H24N4O6/c1-12(22)19-6-8-20(9-7-19)13(23)11-27-14(24)10-21-15(25)17(18-16(21)26)4-2-3-5-17/h2-11H2,1H3,(H,18,26). The van der Waals surface area contributed by atoms with Crippen LogP contribution in [0.25, 0.3) is 0 Å². The van der Waals surface area contributed by atoms with Crippen LogP contribution in [-0.4, -0.2) is 89.3 Å². The number of carbonyl (C=O) groups excluding carboxylic acids is 5. The van der Waals surface area contributed by atoms with E-state index in [4.69, 9.17) is 4.74 Å². The highest BCUT2D eigenvalue weighted by molar-refractivity contribution is 6.08. The quantitative estimate of drug-likeness (QED) is 0.498. The number of hydrogen-bond donors (Lipinski definition) is 1. The lowest BCUT2D eigenvalue weighted by atomic mass is 9.98. The predicted molar refractivity (Wildman–Crippen MR) is 91.2 cm³/mol. The number of imide groups is 1. The maximum Gasteiger partial charge on any atom is 0.326 e. The number of esters is 1. The molecule has 1 N–H and O–H groups in total. The molecule has 10 nitrogen and oxygen atoms in total. The zero-order valence-electron chi connectivity index (χ0n) is 15.4. The van der Waals surface area contributed by atoms with Crippen LogP contribution in [0.2, 0.25) is 0 Å². The fraction of sp³-hybridized carbons (Fsp3) is 0.706. The minimum Gasteiger partial charge on any atom is -0.454 e. The van der Waals surface area contributed by atoms with Gasteiger partial charge in [0, 0.05) is 33.1 Å². The largest absolute Gasteiger partial charge is 0.454 e. The summed E-state index contributed by atoms with van der Waals surface area (Å²) >= 11 is 0. The summed E-state index contributed by atoms with van der Waals surface area (Å²) in [7, 11) is 0. The van der Waals surface area contributed by atoms with Crippen molar-refractivity contribution >= 4 is 29.7 Å². The molecule has 3 rings (SSSR count). The van der Waals surface area contributed by atoms with Gasteiger partial charge in [0.1, 0.15) is 12.1 Å². The summed E-state index contributed by atoms with van der Waals surface area (Å²) in [4.78, 5) is 64.0. The summed E-state index contributed by atoms with van der Waals surface area (Å²) in [5, 5.41) is 2.69. The SMILES string of the molecule is CC(=O)N1CCN(C(=O)COC(=O)CN2C(=O)NC3(CCCC3)C2=O)CC1. The first-order valence-corrected chi connectivity index (χ1v) is 9.15. The third kappa shape index (κ3) is 3.88. The number of carbonyl (C=O) groups is 5. The molecule has 0 atom stereocenters. The molecular weight excluding hydrogens is 356 g/mol. The highest BCUT2D eigenvalue weighted by atomic mass is 16.5.